The lowest BCUT2D eigenvalue weighted by Gasteiger charge is -2.25. The Kier molecular flexibility index (Phi) is 4.93. The van der Waals surface area contributed by atoms with Gasteiger partial charge < -0.3 is 5.11 Å². The van der Waals surface area contributed by atoms with Gasteiger partial charge in [0, 0.05) is 30.9 Å². The van der Waals surface area contributed by atoms with Crippen molar-refractivity contribution in [1.29, 1.82) is 0 Å². The van der Waals surface area contributed by atoms with E-state index in [4.69, 9.17) is 0 Å². The average molecular weight is 253 g/mol. The maximum atomic E-state index is 9.83. The Balaban J connectivity index is 2.78. The van der Waals surface area contributed by atoms with Crippen LogP contribution < -0.4 is 0 Å². The first-order valence-corrected chi connectivity index (χ1v) is 6.68. The van der Waals surface area contributed by atoms with Gasteiger partial charge in [0.25, 0.3) is 0 Å². The van der Waals surface area contributed by atoms with Gasteiger partial charge in [0.15, 0.2) is 0 Å². The van der Waals surface area contributed by atoms with Crippen LogP contribution >= 0.6 is 0 Å². The molecule has 1 aromatic heterocycles. The zero-order valence-corrected chi connectivity index (χ0v) is 12.6. The Morgan fingerprint density at radius 3 is 2.44 bits per heavy atom. The zero-order valence-electron chi connectivity index (χ0n) is 12.6. The van der Waals surface area contributed by atoms with E-state index in [1.807, 2.05) is 20.9 Å². The molecule has 0 spiro atoms. The fourth-order valence-electron chi connectivity index (χ4n) is 2.38. The van der Waals surface area contributed by atoms with Crippen LogP contribution in [0.1, 0.15) is 44.1 Å². The van der Waals surface area contributed by atoms with E-state index >= 15 is 0 Å². The fourth-order valence-corrected chi connectivity index (χ4v) is 2.38. The molecule has 1 aromatic rings. The molecular formula is C14H27N3O. The largest absolute Gasteiger partial charge is 0.389 e. The van der Waals surface area contributed by atoms with Gasteiger partial charge in [-0.15, -0.1) is 0 Å². The quantitative estimate of drug-likeness (QED) is 0.844. The third kappa shape index (κ3) is 4.10. The minimum atomic E-state index is -0.657. The highest BCUT2D eigenvalue weighted by Crippen LogP contribution is 2.16. The molecule has 4 heteroatoms. The maximum absolute atomic E-state index is 9.83. The van der Waals surface area contributed by atoms with Crippen LogP contribution in [0.15, 0.2) is 0 Å². The molecule has 1 heterocycles. The second-order valence-corrected chi connectivity index (χ2v) is 5.86. The van der Waals surface area contributed by atoms with E-state index in [2.05, 4.69) is 35.5 Å². The summed E-state index contributed by atoms with van der Waals surface area (Å²) >= 11 is 0. The van der Waals surface area contributed by atoms with Crippen molar-refractivity contribution < 1.29 is 5.11 Å². The zero-order chi connectivity index (χ0) is 13.9. The van der Waals surface area contributed by atoms with Crippen LogP contribution in [0.5, 0.6) is 0 Å². The van der Waals surface area contributed by atoms with Crippen LogP contribution in [-0.4, -0.2) is 39.0 Å². The van der Waals surface area contributed by atoms with Crippen molar-refractivity contribution in [2.45, 2.75) is 59.7 Å². The molecule has 0 bridgehead atoms. The lowest BCUT2D eigenvalue weighted by atomic mass is 10.1. The van der Waals surface area contributed by atoms with Gasteiger partial charge in [0.05, 0.1) is 11.3 Å². The second kappa shape index (κ2) is 5.85. The summed E-state index contributed by atoms with van der Waals surface area (Å²) in [6, 6.07) is 0. The maximum Gasteiger partial charge on any atom is 0.0718 e. The average Bonchev–Trinajstić information content (AvgIpc) is 2.44. The molecule has 0 aromatic carbocycles. The summed E-state index contributed by atoms with van der Waals surface area (Å²) in [6.07, 6.45) is 1.10. The molecule has 1 N–H and O–H groups in total. The number of hydrogen-bond acceptors (Lipinski definition) is 3. The highest BCUT2D eigenvalue weighted by molar-refractivity contribution is 5.24. The van der Waals surface area contributed by atoms with Crippen LogP contribution in [0.4, 0.5) is 0 Å². The Hall–Kier alpha value is -0.870. The van der Waals surface area contributed by atoms with Gasteiger partial charge in [-0.1, -0.05) is 6.92 Å². The molecule has 0 radical (unpaired) electrons. The Labute approximate surface area is 111 Å². The molecule has 0 atom stereocenters. The molecule has 0 aliphatic heterocycles. The van der Waals surface area contributed by atoms with Gasteiger partial charge in [0.1, 0.15) is 0 Å². The molecular weight excluding hydrogens is 226 g/mol. The van der Waals surface area contributed by atoms with E-state index in [0.717, 1.165) is 25.2 Å². The Bertz CT molecular complexity index is 390. The van der Waals surface area contributed by atoms with Gasteiger partial charge in [-0.2, -0.15) is 5.10 Å². The molecule has 0 aliphatic rings. The lowest BCUT2D eigenvalue weighted by Crippen LogP contribution is -2.36. The number of nitrogens with zero attached hydrogens (tertiary/aromatic N) is 3. The molecule has 0 saturated carbocycles. The highest BCUT2D eigenvalue weighted by Gasteiger charge is 2.18. The van der Waals surface area contributed by atoms with Crippen molar-refractivity contribution in [2.75, 3.05) is 13.6 Å². The van der Waals surface area contributed by atoms with E-state index in [1.165, 1.54) is 11.3 Å². The smallest absolute Gasteiger partial charge is 0.0718 e. The topological polar surface area (TPSA) is 41.3 Å². The van der Waals surface area contributed by atoms with Crippen LogP contribution in [0.25, 0.3) is 0 Å². The monoisotopic (exact) mass is 253 g/mol. The molecule has 1 rings (SSSR count). The summed E-state index contributed by atoms with van der Waals surface area (Å²) < 4.78 is 2.09. The van der Waals surface area contributed by atoms with E-state index in [1.54, 1.807) is 0 Å². The van der Waals surface area contributed by atoms with Crippen LogP contribution in [0, 0.1) is 13.8 Å². The molecule has 4 nitrogen and oxygen atoms in total. The lowest BCUT2D eigenvalue weighted by molar-refractivity contribution is 0.0423. The van der Waals surface area contributed by atoms with Crippen molar-refractivity contribution in [2.24, 2.45) is 0 Å². The summed E-state index contributed by atoms with van der Waals surface area (Å²) in [7, 11) is 2.04. The van der Waals surface area contributed by atoms with Crippen molar-refractivity contribution in [3.8, 4) is 0 Å². The number of aliphatic hydroxyl groups is 1. The molecule has 0 fully saturated rings. The van der Waals surface area contributed by atoms with Crippen LogP contribution in [0.2, 0.25) is 0 Å². The normalized spacial score (nSPS) is 12.4. The minimum Gasteiger partial charge on any atom is -0.389 e. The van der Waals surface area contributed by atoms with Crippen LogP contribution in [0.3, 0.4) is 0 Å². The van der Waals surface area contributed by atoms with E-state index < -0.39 is 5.60 Å². The predicted molar refractivity (Wildman–Crippen MR) is 74.6 cm³/mol. The second-order valence-electron chi connectivity index (χ2n) is 5.86. The van der Waals surface area contributed by atoms with Crippen LogP contribution in [-0.2, 0) is 13.1 Å². The first-order valence-electron chi connectivity index (χ1n) is 6.68. The van der Waals surface area contributed by atoms with Gasteiger partial charge >= 0.3 is 0 Å². The van der Waals surface area contributed by atoms with Crippen molar-refractivity contribution in [3.05, 3.63) is 17.0 Å². The summed E-state index contributed by atoms with van der Waals surface area (Å²) in [5.74, 6) is 0. The number of hydrogen-bond donors (Lipinski definition) is 1. The molecule has 0 aliphatic carbocycles. The SMILES string of the molecule is CCCn1nc(C)c(CN(C)CC(C)(C)O)c1C. The third-order valence-electron chi connectivity index (χ3n) is 3.05. The van der Waals surface area contributed by atoms with Crippen molar-refractivity contribution >= 4 is 0 Å². The first kappa shape index (κ1) is 15.2. The first-order chi connectivity index (χ1) is 8.24. The van der Waals surface area contributed by atoms with Gasteiger partial charge in [-0.05, 0) is 41.2 Å². The molecule has 0 saturated heterocycles. The van der Waals surface area contributed by atoms with Gasteiger partial charge in [-0.3, -0.25) is 9.58 Å². The number of rotatable bonds is 6. The highest BCUT2D eigenvalue weighted by atomic mass is 16.3. The molecule has 0 unspecified atom stereocenters. The molecule has 0 amide bonds. The summed E-state index contributed by atoms with van der Waals surface area (Å²) in [6.45, 7) is 12.5. The number of aryl methyl sites for hydroxylation is 2. The molecule has 18 heavy (non-hydrogen) atoms. The van der Waals surface area contributed by atoms with Crippen molar-refractivity contribution in [1.82, 2.24) is 14.7 Å². The predicted octanol–water partition coefficient (Wildman–Crippen LogP) is 2.11. The summed E-state index contributed by atoms with van der Waals surface area (Å²) in [5.41, 5.74) is 2.98. The van der Waals surface area contributed by atoms with E-state index in [-0.39, 0.29) is 0 Å². The summed E-state index contributed by atoms with van der Waals surface area (Å²) in [4.78, 5) is 2.15. The minimum absolute atomic E-state index is 0.657. The number of aromatic nitrogens is 2. The third-order valence-corrected chi connectivity index (χ3v) is 3.05. The van der Waals surface area contributed by atoms with E-state index in [9.17, 15) is 5.11 Å². The molecule has 104 valence electrons. The van der Waals surface area contributed by atoms with E-state index in [0.29, 0.717) is 6.54 Å². The van der Waals surface area contributed by atoms with Crippen molar-refractivity contribution in [3.63, 3.8) is 0 Å². The van der Waals surface area contributed by atoms with Gasteiger partial charge in [0.2, 0.25) is 0 Å². The van der Waals surface area contributed by atoms with Gasteiger partial charge in [-0.25, -0.2) is 0 Å². The Morgan fingerprint density at radius 1 is 1.33 bits per heavy atom. The number of likely N-dealkylation sites (N-methyl/N-ethyl adjacent to an activating group) is 1. The Morgan fingerprint density at radius 2 is 1.94 bits per heavy atom. The fraction of sp³-hybridized carbons (Fsp3) is 0.786. The summed E-state index contributed by atoms with van der Waals surface area (Å²) in [5, 5.41) is 14.4. The standard InChI is InChI=1S/C14H27N3O/c1-7-8-17-12(3)13(11(2)15-17)9-16(6)10-14(4,5)18/h18H,7-10H2,1-6H3.